The second kappa shape index (κ2) is 11.8. The van der Waals surface area contributed by atoms with Crippen molar-refractivity contribution >= 4 is 17.8 Å². The van der Waals surface area contributed by atoms with Crippen LogP contribution in [0.3, 0.4) is 0 Å². The number of benzene rings is 1. The summed E-state index contributed by atoms with van der Waals surface area (Å²) in [6, 6.07) is 11.6. The van der Waals surface area contributed by atoms with E-state index in [0.29, 0.717) is 38.3 Å². The minimum absolute atomic E-state index is 0.0804. The molecule has 0 N–H and O–H groups in total. The third-order valence-electron chi connectivity index (χ3n) is 5.19. The molecule has 3 rings (SSSR count). The standard InChI is InChI=1S/C23H27N3O7/c1-2-31-22(29)17-10-12-25(13-11-17)21(28)16-33-23(30)19-8-9-20(27)26(24-19)14-15-32-18-6-4-3-5-7-18/h3-9,17H,2,10-16H2,1H3. The smallest absolute Gasteiger partial charge is 0.359 e. The van der Waals surface area contributed by atoms with E-state index in [1.54, 1.807) is 24.0 Å². The minimum Gasteiger partial charge on any atom is -0.492 e. The van der Waals surface area contributed by atoms with Gasteiger partial charge in [0.25, 0.3) is 11.5 Å². The summed E-state index contributed by atoms with van der Waals surface area (Å²) >= 11 is 0. The molecule has 10 heteroatoms. The van der Waals surface area contributed by atoms with Crippen LogP contribution in [0.2, 0.25) is 0 Å². The summed E-state index contributed by atoms with van der Waals surface area (Å²) < 4.78 is 16.8. The number of nitrogens with zero attached hydrogens (tertiary/aromatic N) is 3. The zero-order chi connectivity index (χ0) is 23.6. The highest BCUT2D eigenvalue weighted by Gasteiger charge is 2.28. The molecule has 0 spiro atoms. The Labute approximate surface area is 191 Å². The van der Waals surface area contributed by atoms with E-state index in [-0.39, 0.29) is 42.2 Å². The summed E-state index contributed by atoms with van der Waals surface area (Å²) in [5.74, 6) is -0.956. The first kappa shape index (κ1) is 24.0. The predicted octanol–water partition coefficient (Wildman–Crippen LogP) is 1.28. The third kappa shape index (κ3) is 6.90. The number of carbonyl (C=O) groups excluding carboxylic acids is 3. The van der Waals surface area contributed by atoms with Gasteiger partial charge in [0.2, 0.25) is 0 Å². The average molecular weight is 457 g/mol. The molecule has 0 saturated carbocycles. The van der Waals surface area contributed by atoms with Crippen molar-refractivity contribution in [1.29, 1.82) is 0 Å². The molecule has 1 saturated heterocycles. The van der Waals surface area contributed by atoms with Gasteiger partial charge in [-0.25, -0.2) is 9.48 Å². The molecule has 1 fully saturated rings. The molecule has 2 aromatic rings. The fourth-order valence-corrected chi connectivity index (χ4v) is 3.40. The Balaban J connectivity index is 1.47. The van der Waals surface area contributed by atoms with E-state index in [1.807, 2.05) is 18.2 Å². The van der Waals surface area contributed by atoms with Crippen LogP contribution in [0, 0.1) is 5.92 Å². The first-order valence-electron chi connectivity index (χ1n) is 10.9. The van der Waals surface area contributed by atoms with Gasteiger partial charge < -0.3 is 19.1 Å². The number of rotatable bonds is 9. The maximum atomic E-state index is 12.4. The van der Waals surface area contributed by atoms with Gasteiger partial charge >= 0.3 is 11.9 Å². The molecule has 2 heterocycles. The summed E-state index contributed by atoms with van der Waals surface area (Å²) in [5.41, 5.74) is -0.466. The van der Waals surface area contributed by atoms with Crippen LogP contribution in [-0.4, -0.2) is 65.4 Å². The summed E-state index contributed by atoms with van der Waals surface area (Å²) in [4.78, 5) is 50.1. The van der Waals surface area contributed by atoms with E-state index in [2.05, 4.69) is 5.10 Å². The fraction of sp³-hybridized carbons (Fsp3) is 0.435. The summed E-state index contributed by atoms with van der Waals surface area (Å²) in [5, 5.41) is 4.01. The molecule has 176 valence electrons. The number of aromatic nitrogens is 2. The quantitative estimate of drug-likeness (QED) is 0.517. The Morgan fingerprint density at radius 3 is 2.45 bits per heavy atom. The second-order valence-electron chi connectivity index (χ2n) is 7.42. The zero-order valence-corrected chi connectivity index (χ0v) is 18.5. The molecular weight excluding hydrogens is 430 g/mol. The SMILES string of the molecule is CCOC(=O)C1CCN(C(=O)COC(=O)c2ccc(=O)n(CCOc3ccccc3)n2)CC1. The van der Waals surface area contributed by atoms with Gasteiger partial charge in [0.1, 0.15) is 12.4 Å². The van der Waals surface area contributed by atoms with Crippen molar-refractivity contribution in [3.63, 3.8) is 0 Å². The van der Waals surface area contributed by atoms with Gasteiger partial charge in [0.15, 0.2) is 12.3 Å². The van der Waals surface area contributed by atoms with E-state index >= 15 is 0 Å². The van der Waals surface area contributed by atoms with Crippen LogP contribution < -0.4 is 10.3 Å². The van der Waals surface area contributed by atoms with Crippen molar-refractivity contribution in [2.45, 2.75) is 26.3 Å². The molecule has 0 unspecified atom stereocenters. The van der Waals surface area contributed by atoms with E-state index in [4.69, 9.17) is 14.2 Å². The molecule has 1 aromatic carbocycles. The Hall–Kier alpha value is -3.69. The van der Waals surface area contributed by atoms with Crippen LogP contribution in [0.4, 0.5) is 0 Å². The van der Waals surface area contributed by atoms with E-state index in [9.17, 15) is 19.2 Å². The summed E-state index contributed by atoms with van der Waals surface area (Å²) in [6.45, 7) is 2.76. The Morgan fingerprint density at radius 2 is 1.76 bits per heavy atom. The molecule has 0 radical (unpaired) electrons. The Bertz CT molecular complexity index is 1010. The van der Waals surface area contributed by atoms with Crippen LogP contribution in [0.5, 0.6) is 5.75 Å². The fourth-order valence-electron chi connectivity index (χ4n) is 3.40. The molecule has 0 atom stereocenters. The molecular formula is C23H27N3O7. The molecule has 1 aliphatic rings. The number of para-hydroxylation sites is 1. The van der Waals surface area contributed by atoms with Crippen molar-refractivity contribution in [3.8, 4) is 5.75 Å². The number of hydrogen-bond acceptors (Lipinski definition) is 8. The van der Waals surface area contributed by atoms with Crippen molar-refractivity contribution in [3.05, 3.63) is 58.5 Å². The zero-order valence-electron chi connectivity index (χ0n) is 18.5. The lowest BCUT2D eigenvalue weighted by molar-refractivity contribution is -0.151. The highest BCUT2D eigenvalue weighted by molar-refractivity contribution is 5.89. The highest BCUT2D eigenvalue weighted by atomic mass is 16.5. The van der Waals surface area contributed by atoms with Crippen LogP contribution in [0.25, 0.3) is 0 Å². The molecule has 1 aromatic heterocycles. The molecule has 0 bridgehead atoms. The van der Waals surface area contributed by atoms with E-state index < -0.39 is 12.6 Å². The van der Waals surface area contributed by atoms with Gasteiger partial charge in [-0.15, -0.1) is 0 Å². The van der Waals surface area contributed by atoms with Gasteiger partial charge in [-0.2, -0.15) is 5.10 Å². The van der Waals surface area contributed by atoms with Crippen molar-refractivity contribution in [1.82, 2.24) is 14.7 Å². The predicted molar refractivity (Wildman–Crippen MR) is 117 cm³/mol. The number of carbonyl (C=O) groups is 3. The number of piperidine rings is 1. The third-order valence-corrected chi connectivity index (χ3v) is 5.19. The van der Waals surface area contributed by atoms with Crippen LogP contribution in [-0.2, 0) is 25.6 Å². The Kier molecular flexibility index (Phi) is 8.56. The molecule has 33 heavy (non-hydrogen) atoms. The molecule has 10 nitrogen and oxygen atoms in total. The topological polar surface area (TPSA) is 117 Å². The molecule has 1 amide bonds. The van der Waals surface area contributed by atoms with Crippen LogP contribution in [0.15, 0.2) is 47.3 Å². The largest absolute Gasteiger partial charge is 0.492 e. The number of hydrogen-bond donors (Lipinski definition) is 0. The number of ether oxygens (including phenoxy) is 3. The van der Waals surface area contributed by atoms with Gasteiger partial charge in [-0.1, -0.05) is 18.2 Å². The monoisotopic (exact) mass is 457 g/mol. The lowest BCUT2D eigenvalue weighted by atomic mass is 9.97. The summed E-state index contributed by atoms with van der Waals surface area (Å²) in [7, 11) is 0. The van der Waals surface area contributed by atoms with Crippen molar-refractivity contribution < 1.29 is 28.6 Å². The molecule has 0 aliphatic carbocycles. The van der Waals surface area contributed by atoms with E-state index in [0.717, 1.165) is 4.68 Å². The molecule has 1 aliphatic heterocycles. The van der Waals surface area contributed by atoms with Gasteiger partial charge in [-0.05, 0) is 38.0 Å². The summed E-state index contributed by atoms with van der Waals surface area (Å²) in [6.07, 6.45) is 1.02. The number of likely N-dealkylation sites (tertiary alicyclic amines) is 1. The maximum Gasteiger partial charge on any atom is 0.359 e. The van der Waals surface area contributed by atoms with Crippen LogP contribution >= 0.6 is 0 Å². The lowest BCUT2D eigenvalue weighted by Crippen LogP contribution is -2.42. The second-order valence-corrected chi connectivity index (χ2v) is 7.42. The first-order valence-corrected chi connectivity index (χ1v) is 10.9. The van der Waals surface area contributed by atoms with Crippen molar-refractivity contribution in [2.75, 3.05) is 32.9 Å². The maximum absolute atomic E-state index is 12.4. The highest BCUT2D eigenvalue weighted by Crippen LogP contribution is 2.18. The normalized spacial score (nSPS) is 13.9. The lowest BCUT2D eigenvalue weighted by Gasteiger charge is -2.30. The van der Waals surface area contributed by atoms with Crippen LogP contribution in [0.1, 0.15) is 30.3 Å². The Morgan fingerprint density at radius 1 is 1.03 bits per heavy atom. The first-order chi connectivity index (χ1) is 16.0. The van der Waals surface area contributed by atoms with Gasteiger partial charge in [-0.3, -0.25) is 14.4 Å². The minimum atomic E-state index is -0.803. The number of amides is 1. The van der Waals surface area contributed by atoms with E-state index in [1.165, 1.54) is 12.1 Å². The number of esters is 2. The van der Waals surface area contributed by atoms with Gasteiger partial charge in [0.05, 0.1) is 19.1 Å². The average Bonchev–Trinajstić information content (AvgIpc) is 2.84. The van der Waals surface area contributed by atoms with Gasteiger partial charge in [0, 0.05) is 19.2 Å². The van der Waals surface area contributed by atoms with Crippen molar-refractivity contribution in [2.24, 2.45) is 5.92 Å².